The van der Waals surface area contributed by atoms with Crippen LogP contribution in [-0.2, 0) is 11.2 Å². The summed E-state index contributed by atoms with van der Waals surface area (Å²) in [4.78, 5) is 16.1. The quantitative estimate of drug-likeness (QED) is 0.701. The van der Waals surface area contributed by atoms with Crippen molar-refractivity contribution in [2.75, 3.05) is 13.7 Å². The van der Waals surface area contributed by atoms with E-state index >= 15 is 0 Å². The highest BCUT2D eigenvalue weighted by Crippen LogP contribution is 2.28. The Labute approximate surface area is 139 Å². The molecular weight excluding hydrogens is 308 g/mol. The molecule has 0 radical (unpaired) electrons. The highest BCUT2D eigenvalue weighted by Gasteiger charge is 2.21. The van der Waals surface area contributed by atoms with Crippen molar-refractivity contribution in [3.63, 3.8) is 0 Å². The Balaban J connectivity index is 1.76. The van der Waals surface area contributed by atoms with Crippen molar-refractivity contribution < 1.29 is 18.7 Å². The number of carbonyl (C=O) groups is 1. The van der Waals surface area contributed by atoms with Crippen LogP contribution in [0.1, 0.15) is 15.9 Å². The van der Waals surface area contributed by atoms with E-state index in [1.165, 1.54) is 13.5 Å². The molecule has 0 bridgehead atoms. The normalized spacial score (nSPS) is 12.1. The van der Waals surface area contributed by atoms with Gasteiger partial charge in [-0.05, 0) is 24.1 Å². The van der Waals surface area contributed by atoms with Gasteiger partial charge in [-0.15, -0.1) is 0 Å². The van der Waals surface area contributed by atoms with Gasteiger partial charge in [0, 0.05) is 6.04 Å². The fourth-order valence-electron chi connectivity index (χ4n) is 2.50. The lowest BCUT2D eigenvalue weighted by atomic mass is 10.1. The van der Waals surface area contributed by atoms with Crippen molar-refractivity contribution in [2.24, 2.45) is 5.73 Å². The summed E-state index contributed by atoms with van der Waals surface area (Å²) in [5, 5.41) is 0. The van der Waals surface area contributed by atoms with Gasteiger partial charge in [-0.2, -0.15) is 0 Å². The minimum atomic E-state index is -0.538. The Morgan fingerprint density at radius 2 is 2.04 bits per heavy atom. The summed E-state index contributed by atoms with van der Waals surface area (Å²) in [6.07, 6.45) is 1.96. The van der Waals surface area contributed by atoms with Gasteiger partial charge in [0.1, 0.15) is 23.4 Å². The van der Waals surface area contributed by atoms with E-state index in [-0.39, 0.29) is 18.2 Å². The number of nitrogens with zero attached hydrogens (tertiary/aromatic N) is 1. The molecule has 0 aliphatic carbocycles. The SMILES string of the molecule is COC(=O)c1c(OCC(N)Cc2ccccc2)ccc2ncoc12. The first-order valence-corrected chi connectivity index (χ1v) is 7.56. The second kappa shape index (κ2) is 7.14. The summed E-state index contributed by atoms with van der Waals surface area (Å²) in [6, 6.07) is 13.1. The summed E-state index contributed by atoms with van der Waals surface area (Å²) < 4.78 is 15.9. The van der Waals surface area contributed by atoms with Gasteiger partial charge < -0.3 is 19.6 Å². The largest absolute Gasteiger partial charge is 0.491 e. The maximum absolute atomic E-state index is 12.1. The van der Waals surface area contributed by atoms with Crippen LogP contribution in [0.2, 0.25) is 0 Å². The Morgan fingerprint density at radius 3 is 2.79 bits per heavy atom. The predicted molar refractivity (Wildman–Crippen MR) is 89.0 cm³/mol. The lowest BCUT2D eigenvalue weighted by molar-refractivity contribution is 0.0596. The molecule has 3 aromatic rings. The summed E-state index contributed by atoms with van der Waals surface area (Å²) in [6.45, 7) is 0.262. The van der Waals surface area contributed by atoms with E-state index in [0.717, 1.165) is 5.56 Å². The van der Waals surface area contributed by atoms with E-state index in [1.807, 2.05) is 30.3 Å². The zero-order valence-corrected chi connectivity index (χ0v) is 13.3. The first-order valence-electron chi connectivity index (χ1n) is 7.56. The fraction of sp³-hybridized carbons (Fsp3) is 0.222. The summed E-state index contributed by atoms with van der Waals surface area (Å²) in [5.41, 5.74) is 8.39. The van der Waals surface area contributed by atoms with Crippen LogP contribution in [0.25, 0.3) is 11.1 Å². The average Bonchev–Trinajstić information content (AvgIpc) is 3.08. The predicted octanol–water partition coefficient (Wildman–Crippen LogP) is 2.56. The zero-order chi connectivity index (χ0) is 16.9. The van der Waals surface area contributed by atoms with Crippen LogP contribution in [0.3, 0.4) is 0 Å². The van der Waals surface area contributed by atoms with Crippen LogP contribution in [-0.4, -0.2) is 30.7 Å². The van der Waals surface area contributed by atoms with Crippen molar-refractivity contribution >= 4 is 17.1 Å². The number of benzene rings is 2. The molecule has 0 aliphatic rings. The van der Waals surface area contributed by atoms with Gasteiger partial charge in [0.15, 0.2) is 12.0 Å². The Hall–Kier alpha value is -2.86. The number of ether oxygens (including phenoxy) is 2. The van der Waals surface area contributed by atoms with Crippen molar-refractivity contribution in [3.05, 3.63) is 60.0 Å². The van der Waals surface area contributed by atoms with Crippen LogP contribution in [0, 0.1) is 0 Å². The Bertz CT molecular complexity index is 829. The number of hydrogen-bond acceptors (Lipinski definition) is 6. The molecule has 0 amide bonds. The zero-order valence-electron chi connectivity index (χ0n) is 13.3. The van der Waals surface area contributed by atoms with E-state index < -0.39 is 5.97 Å². The molecule has 6 heteroatoms. The molecule has 124 valence electrons. The molecule has 24 heavy (non-hydrogen) atoms. The van der Waals surface area contributed by atoms with Gasteiger partial charge in [0.25, 0.3) is 0 Å². The number of aromatic nitrogens is 1. The number of oxazole rings is 1. The standard InChI is InChI=1S/C18H18N2O4/c1-22-18(21)16-15(8-7-14-17(16)24-11-20-14)23-10-13(19)9-12-5-3-2-4-6-12/h2-8,11,13H,9-10,19H2,1H3. The maximum atomic E-state index is 12.1. The average molecular weight is 326 g/mol. The molecule has 2 aromatic carbocycles. The number of hydrogen-bond donors (Lipinski definition) is 1. The van der Waals surface area contributed by atoms with Gasteiger partial charge >= 0.3 is 5.97 Å². The molecule has 0 aliphatic heterocycles. The minimum Gasteiger partial charge on any atom is -0.491 e. The second-order valence-corrected chi connectivity index (χ2v) is 5.39. The molecular formula is C18H18N2O4. The number of carbonyl (C=O) groups excluding carboxylic acids is 1. The van der Waals surface area contributed by atoms with E-state index in [9.17, 15) is 4.79 Å². The molecule has 3 rings (SSSR count). The number of methoxy groups -OCH3 is 1. The molecule has 0 saturated heterocycles. The van der Waals surface area contributed by atoms with Crippen LogP contribution in [0.15, 0.2) is 53.3 Å². The molecule has 2 N–H and O–H groups in total. The third-order valence-electron chi connectivity index (χ3n) is 3.64. The van der Waals surface area contributed by atoms with Crippen molar-refractivity contribution in [1.29, 1.82) is 0 Å². The molecule has 6 nitrogen and oxygen atoms in total. The third-order valence-corrected chi connectivity index (χ3v) is 3.64. The van der Waals surface area contributed by atoms with Crippen LogP contribution >= 0.6 is 0 Å². The molecule has 1 heterocycles. The molecule has 1 aromatic heterocycles. The smallest absolute Gasteiger partial charge is 0.345 e. The summed E-state index contributed by atoms with van der Waals surface area (Å²) in [5.74, 6) is -0.168. The third kappa shape index (κ3) is 3.38. The maximum Gasteiger partial charge on any atom is 0.345 e. The first kappa shape index (κ1) is 16.0. The van der Waals surface area contributed by atoms with Crippen molar-refractivity contribution in [1.82, 2.24) is 4.98 Å². The second-order valence-electron chi connectivity index (χ2n) is 5.39. The number of rotatable bonds is 6. The number of fused-ring (bicyclic) bond motifs is 1. The van der Waals surface area contributed by atoms with E-state index in [0.29, 0.717) is 23.3 Å². The Kier molecular flexibility index (Phi) is 4.77. The van der Waals surface area contributed by atoms with E-state index in [1.54, 1.807) is 12.1 Å². The van der Waals surface area contributed by atoms with Gasteiger partial charge in [0.05, 0.1) is 7.11 Å². The number of nitrogens with two attached hydrogens (primary N) is 1. The monoisotopic (exact) mass is 326 g/mol. The van der Waals surface area contributed by atoms with Crippen molar-refractivity contribution in [3.8, 4) is 5.75 Å². The first-order chi connectivity index (χ1) is 11.7. The van der Waals surface area contributed by atoms with Crippen LogP contribution < -0.4 is 10.5 Å². The van der Waals surface area contributed by atoms with Crippen LogP contribution in [0.5, 0.6) is 5.75 Å². The Morgan fingerprint density at radius 1 is 1.25 bits per heavy atom. The lowest BCUT2D eigenvalue weighted by Gasteiger charge is -2.15. The summed E-state index contributed by atoms with van der Waals surface area (Å²) in [7, 11) is 1.31. The molecule has 1 atom stereocenters. The molecule has 0 saturated carbocycles. The highest BCUT2D eigenvalue weighted by atomic mass is 16.5. The van der Waals surface area contributed by atoms with Gasteiger partial charge in [-0.3, -0.25) is 0 Å². The van der Waals surface area contributed by atoms with Gasteiger partial charge in [0.2, 0.25) is 0 Å². The topological polar surface area (TPSA) is 87.6 Å². The van der Waals surface area contributed by atoms with Crippen LogP contribution in [0.4, 0.5) is 0 Å². The van der Waals surface area contributed by atoms with Gasteiger partial charge in [-0.25, -0.2) is 9.78 Å². The highest BCUT2D eigenvalue weighted by molar-refractivity contribution is 6.03. The van der Waals surface area contributed by atoms with E-state index in [2.05, 4.69) is 4.98 Å². The van der Waals surface area contributed by atoms with Gasteiger partial charge in [-0.1, -0.05) is 30.3 Å². The van der Waals surface area contributed by atoms with E-state index in [4.69, 9.17) is 19.6 Å². The minimum absolute atomic E-state index is 0.205. The fourth-order valence-corrected chi connectivity index (χ4v) is 2.50. The lowest BCUT2D eigenvalue weighted by Crippen LogP contribution is -2.30. The summed E-state index contributed by atoms with van der Waals surface area (Å²) >= 11 is 0. The number of esters is 1. The molecule has 0 fully saturated rings. The molecule has 0 spiro atoms. The van der Waals surface area contributed by atoms with Crippen molar-refractivity contribution in [2.45, 2.75) is 12.5 Å². The molecule has 1 unspecified atom stereocenters.